The fourth-order valence-corrected chi connectivity index (χ4v) is 2.05. The Labute approximate surface area is 117 Å². The maximum Gasteiger partial charge on any atom is 0.411 e. The number of benzene rings is 1. The molecule has 21 heavy (non-hydrogen) atoms. The van der Waals surface area contributed by atoms with E-state index in [9.17, 15) is 22.8 Å². The monoisotopic (exact) mass is 303 g/mol. The van der Waals surface area contributed by atoms with Gasteiger partial charge in [-0.2, -0.15) is 13.2 Å². The zero-order valence-corrected chi connectivity index (χ0v) is 10.8. The molecule has 0 bridgehead atoms. The van der Waals surface area contributed by atoms with Gasteiger partial charge in [-0.3, -0.25) is 4.79 Å². The molecule has 1 N–H and O–H groups in total. The summed E-state index contributed by atoms with van der Waals surface area (Å²) in [5, 5.41) is 8.88. The van der Waals surface area contributed by atoms with Crippen LogP contribution in [0.4, 0.5) is 13.2 Å². The topological polar surface area (TPSA) is 66.8 Å². The summed E-state index contributed by atoms with van der Waals surface area (Å²) in [5.74, 6) is -1.64. The Hall–Kier alpha value is -2.09. The molecule has 0 radical (unpaired) electrons. The number of carboxylic acids is 1. The zero-order chi connectivity index (χ0) is 15.6. The van der Waals surface area contributed by atoms with Gasteiger partial charge in [0.05, 0.1) is 5.56 Å². The molecule has 0 saturated heterocycles. The second-order valence-corrected chi connectivity index (χ2v) is 4.65. The van der Waals surface area contributed by atoms with Gasteiger partial charge in [0, 0.05) is 13.1 Å². The second-order valence-electron chi connectivity index (χ2n) is 4.65. The van der Waals surface area contributed by atoms with Crippen LogP contribution in [0.1, 0.15) is 21.5 Å². The lowest BCUT2D eigenvalue weighted by atomic mass is 10.1. The molecule has 0 unspecified atom stereocenters. The minimum absolute atomic E-state index is 0.108. The van der Waals surface area contributed by atoms with Crippen LogP contribution in [0.25, 0.3) is 0 Å². The first-order valence-corrected chi connectivity index (χ1v) is 6.03. The summed E-state index contributed by atoms with van der Waals surface area (Å²) in [5.41, 5.74) is 1.57. The van der Waals surface area contributed by atoms with Gasteiger partial charge in [-0.15, -0.1) is 0 Å². The fourth-order valence-electron chi connectivity index (χ4n) is 2.05. The van der Waals surface area contributed by atoms with Crippen molar-refractivity contribution in [3.63, 3.8) is 0 Å². The van der Waals surface area contributed by atoms with Gasteiger partial charge in [-0.25, -0.2) is 4.79 Å². The predicted molar refractivity (Wildman–Crippen MR) is 64.5 cm³/mol. The van der Waals surface area contributed by atoms with Gasteiger partial charge in [0.2, 0.25) is 5.91 Å². The van der Waals surface area contributed by atoms with E-state index in [0.717, 1.165) is 5.56 Å². The number of carbonyl (C=O) groups excluding carboxylic acids is 1. The molecule has 0 atom stereocenters. The first-order valence-electron chi connectivity index (χ1n) is 6.03. The van der Waals surface area contributed by atoms with E-state index in [0.29, 0.717) is 5.56 Å². The fraction of sp³-hybridized carbons (Fsp3) is 0.385. The first-order chi connectivity index (χ1) is 9.76. The molecule has 1 amide bonds. The standard InChI is InChI=1S/C13H12F3NO4/c14-13(15,16)7-21-6-11(18)17-4-9-2-1-8(12(19)20)3-10(9)5-17/h1-3H,4-7H2,(H,19,20). The number of halogens is 3. The van der Waals surface area contributed by atoms with Crippen LogP contribution < -0.4 is 0 Å². The maximum absolute atomic E-state index is 11.9. The van der Waals surface area contributed by atoms with Crippen molar-refractivity contribution in [1.29, 1.82) is 0 Å². The molecule has 1 aliphatic rings. The van der Waals surface area contributed by atoms with E-state index in [1.165, 1.54) is 17.0 Å². The van der Waals surface area contributed by atoms with Crippen molar-refractivity contribution in [2.75, 3.05) is 13.2 Å². The normalized spacial score (nSPS) is 14.1. The molecular formula is C13H12F3NO4. The number of amides is 1. The van der Waals surface area contributed by atoms with Gasteiger partial charge in [0.1, 0.15) is 13.2 Å². The number of hydrogen-bond donors (Lipinski definition) is 1. The summed E-state index contributed by atoms with van der Waals surface area (Å²) < 4.78 is 40.1. The van der Waals surface area contributed by atoms with Gasteiger partial charge in [0.15, 0.2) is 0 Å². The van der Waals surface area contributed by atoms with Crippen LogP contribution in [0.2, 0.25) is 0 Å². The SMILES string of the molecule is O=C(O)c1ccc2c(c1)CN(C(=O)COCC(F)(F)F)C2. The summed E-state index contributed by atoms with van der Waals surface area (Å²) in [6.07, 6.45) is -4.47. The van der Waals surface area contributed by atoms with Gasteiger partial charge in [0.25, 0.3) is 0 Å². The predicted octanol–water partition coefficient (Wildman–Crippen LogP) is 1.81. The third-order valence-corrected chi connectivity index (χ3v) is 3.02. The van der Waals surface area contributed by atoms with Crippen LogP contribution in [-0.2, 0) is 22.6 Å². The summed E-state index contributed by atoms with van der Waals surface area (Å²) in [6.45, 7) is -1.71. The molecule has 0 spiro atoms. The molecule has 8 heteroatoms. The molecule has 5 nitrogen and oxygen atoms in total. The average molecular weight is 303 g/mol. The van der Waals surface area contributed by atoms with Crippen molar-refractivity contribution < 1.29 is 32.6 Å². The minimum Gasteiger partial charge on any atom is -0.478 e. The third-order valence-electron chi connectivity index (χ3n) is 3.02. The van der Waals surface area contributed by atoms with Gasteiger partial charge in [-0.05, 0) is 23.3 Å². The number of fused-ring (bicyclic) bond motifs is 1. The number of ether oxygens (including phenoxy) is 1. The highest BCUT2D eigenvalue weighted by atomic mass is 19.4. The largest absolute Gasteiger partial charge is 0.478 e. The Morgan fingerprint density at radius 2 is 1.90 bits per heavy atom. The number of alkyl halides is 3. The van der Waals surface area contributed by atoms with Crippen molar-refractivity contribution in [2.24, 2.45) is 0 Å². The minimum atomic E-state index is -4.47. The Bertz CT molecular complexity index is 571. The van der Waals surface area contributed by atoms with E-state index in [1.807, 2.05) is 0 Å². The first kappa shape index (κ1) is 15.3. The number of aromatic carboxylic acids is 1. The van der Waals surface area contributed by atoms with Crippen LogP contribution in [-0.4, -0.2) is 41.3 Å². The summed E-state index contributed by atoms with van der Waals surface area (Å²) in [4.78, 5) is 23.9. The van der Waals surface area contributed by atoms with Gasteiger partial charge in [-0.1, -0.05) is 6.07 Å². The second kappa shape index (κ2) is 5.72. The van der Waals surface area contributed by atoms with Crippen molar-refractivity contribution in [3.05, 3.63) is 34.9 Å². The molecule has 1 aliphatic heterocycles. The number of carbonyl (C=O) groups is 2. The van der Waals surface area contributed by atoms with Gasteiger partial charge >= 0.3 is 12.1 Å². The molecule has 1 heterocycles. The number of hydrogen-bond acceptors (Lipinski definition) is 3. The van der Waals surface area contributed by atoms with E-state index < -0.39 is 31.3 Å². The quantitative estimate of drug-likeness (QED) is 0.921. The Morgan fingerprint density at radius 1 is 1.24 bits per heavy atom. The number of rotatable bonds is 4. The van der Waals surface area contributed by atoms with Crippen LogP contribution in [0, 0.1) is 0 Å². The molecule has 0 aromatic heterocycles. The smallest absolute Gasteiger partial charge is 0.411 e. The molecule has 0 aliphatic carbocycles. The summed E-state index contributed by atoms with van der Waals surface area (Å²) in [6, 6.07) is 4.49. The van der Waals surface area contributed by atoms with Crippen molar-refractivity contribution in [2.45, 2.75) is 19.3 Å². The molecule has 0 fully saturated rings. The maximum atomic E-state index is 11.9. The lowest BCUT2D eigenvalue weighted by Gasteiger charge is -2.15. The third kappa shape index (κ3) is 3.94. The molecule has 1 aromatic rings. The summed E-state index contributed by atoms with van der Waals surface area (Å²) in [7, 11) is 0. The Balaban J connectivity index is 1.93. The Morgan fingerprint density at radius 3 is 2.52 bits per heavy atom. The van der Waals surface area contributed by atoms with Crippen molar-refractivity contribution in [1.82, 2.24) is 4.90 Å². The lowest BCUT2D eigenvalue weighted by Crippen LogP contribution is -2.31. The highest BCUT2D eigenvalue weighted by molar-refractivity contribution is 5.88. The van der Waals surface area contributed by atoms with E-state index in [-0.39, 0.29) is 18.7 Å². The van der Waals surface area contributed by atoms with E-state index >= 15 is 0 Å². The molecule has 114 valence electrons. The van der Waals surface area contributed by atoms with Crippen LogP contribution in [0.3, 0.4) is 0 Å². The van der Waals surface area contributed by atoms with E-state index in [1.54, 1.807) is 6.07 Å². The van der Waals surface area contributed by atoms with Crippen molar-refractivity contribution >= 4 is 11.9 Å². The Kier molecular flexibility index (Phi) is 4.17. The molecule has 1 aromatic carbocycles. The number of carboxylic acid groups (broad SMARTS) is 1. The molecular weight excluding hydrogens is 291 g/mol. The number of nitrogens with zero attached hydrogens (tertiary/aromatic N) is 1. The highest BCUT2D eigenvalue weighted by Gasteiger charge is 2.29. The van der Waals surface area contributed by atoms with E-state index in [4.69, 9.17) is 5.11 Å². The van der Waals surface area contributed by atoms with E-state index in [2.05, 4.69) is 4.74 Å². The van der Waals surface area contributed by atoms with Crippen LogP contribution in [0.15, 0.2) is 18.2 Å². The molecule has 0 saturated carbocycles. The highest BCUT2D eigenvalue weighted by Crippen LogP contribution is 2.24. The zero-order valence-electron chi connectivity index (χ0n) is 10.8. The lowest BCUT2D eigenvalue weighted by molar-refractivity contribution is -0.178. The van der Waals surface area contributed by atoms with Crippen LogP contribution in [0.5, 0.6) is 0 Å². The molecule has 2 rings (SSSR count). The average Bonchev–Trinajstić information content (AvgIpc) is 2.79. The van der Waals surface area contributed by atoms with Gasteiger partial charge < -0.3 is 14.7 Å². The van der Waals surface area contributed by atoms with Crippen LogP contribution >= 0.6 is 0 Å². The van der Waals surface area contributed by atoms with Crippen molar-refractivity contribution in [3.8, 4) is 0 Å². The summed E-state index contributed by atoms with van der Waals surface area (Å²) >= 11 is 0.